The van der Waals surface area contributed by atoms with Crippen LogP contribution >= 0.6 is 11.6 Å². The van der Waals surface area contributed by atoms with Crippen LogP contribution in [-0.4, -0.2) is 18.4 Å². The average Bonchev–Trinajstić information content (AvgIpc) is 2.19. The van der Waals surface area contributed by atoms with Crippen molar-refractivity contribution in [3.8, 4) is 5.75 Å². The number of alkyl halides is 3. The summed E-state index contributed by atoms with van der Waals surface area (Å²) in [6, 6.07) is 2.43. The van der Waals surface area contributed by atoms with Gasteiger partial charge in [-0.15, -0.1) is 0 Å². The van der Waals surface area contributed by atoms with Gasteiger partial charge in [0.1, 0.15) is 5.75 Å². The zero-order valence-electron chi connectivity index (χ0n) is 9.52. The summed E-state index contributed by atoms with van der Waals surface area (Å²) in [4.78, 5) is 0. The molecule has 0 aliphatic heterocycles. The minimum absolute atomic E-state index is 0.0470. The first-order chi connectivity index (χ1) is 7.61. The summed E-state index contributed by atoms with van der Waals surface area (Å²) in [5.74, 6) is -0.0470. The molecule has 0 amide bonds. The van der Waals surface area contributed by atoms with Gasteiger partial charge in [-0.3, -0.25) is 0 Å². The van der Waals surface area contributed by atoms with E-state index in [1.165, 1.54) is 13.2 Å². The Bertz CT molecular complexity index is 427. The van der Waals surface area contributed by atoms with Gasteiger partial charge in [0, 0.05) is 10.6 Å². The summed E-state index contributed by atoms with van der Waals surface area (Å²) in [6.45, 7) is 2.30. The van der Waals surface area contributed by atoms with Crippen molar-refractivity contribution < 1.29 is 23.0 Å². The molecule has 1 unspecified atom stereocenters. The van der Waals surface area contributed by atoms with E-state index in [1.807, 2.05) is 0 Å². The number of aryl methyl sites for hydroxylation is 1. The van der Waals surface area contributed by atoms with Gasteiger partial charge in [-0.25, -0.2) is 0 Å². The van der Waals surface area contributed by atoms with Crippen LogP contribution in [-0.2, 0) is 5.60 Å². The maximum atomic E-state index is 12.7. The molecule has 17 heavy (non-hydrogen) atoms. The van der Waals surface area contributed by atoms with Crippen molar-refractivity contribution in [3.05, 3.63) is 28.3 Å². The van der Waals surface area contributed by atoms with Gasteiger partial charge in [-0.1, -0.05) is 11.6 Å². The Kier molecular flexibility index (Phi) is 3.64. The van der Waals surface area contributed by atoms with E-state index < -0.39 is 17.3 Å². The molecule has 0 spiro atoms. The number of ether oxygens (including phenoxy) is 1. The molecule has 0 saturated heterocycles. The van der Waals surface area contributed by atoms with E-state index in [-0.39, 0.29) is 10.8 Å². The SMILES string of the molecule is COc1cc(C)c(Cl)cc1C(C)(O)C(F)(F)F. The van der Waals surface area contributed by atoms with E-state index in [0.29, 0.717) is 12.5 Å². The number of halogens is 4. The van der Waals surface area contributed by atoms with Crippen LogP contribution in [0.1, 0.15) is 18.1 Å². The van der Waals surface area contributed by atoms with Crippen LogP contribution in [0.2, 0.25) is 5.02 Å². The quantitative estimate of drug-likeness (QED) is 0.890. The molecular formula is C11H12ClF3O2. The zero-order chi connectivity index (χ0) is 13.4. The molecule has 2 nitrogen and oxygen atoms in total. The van der Waals surface area contributed by atoms with Crippen molar-refractivity contribution >= 4 is 11.6 Å². The summed E-state index contributed by atoms with van der Waals surface area (Å²) < 4.78 is 43.0. The predicted octanol–water partition coefficient (Wildman–Crippen LogP) is 3.43. The standard InChI is InChI=1S/C11H12ClF3O2/c1-6-4-9(17-3)7(5-8(6)12)10(2,16)11(13,14)15/h4-5,16H,1-3H3. The van der Waals surface area contributed by atoms with Crippen molar-refractivity contribution in [2.24, 2.45) is 0 Å². The van der Waals surface area contributed by atoms with Gasteiger partial charge in [-0.2, -0.15) is 13.2 Å². The van der Waals surface area contributed by atoms with Crippen molar-refractivity contribution in [1.82, 2.24) is 0 Å². The third-order valence-electron chi connectivity index (χ3n) is 2.56. The maximum Gasteiger partial charge on any atom is 0.421 e. The lowest BCUT2D eigenvalue weighted by molar-refractivity contribution is -0.259. The second-order valence-corrected chi connectivity index (χ2v) is 4.28. The molecule has 0 heterocycles. The van der Waals surface area contributed by atoms with Crippen molar-refractivity contribution in [3.63, 3.8) is 0 Å². The molecule has 1 N–H and O–H groups in total. The molecule has 1 aromatic rings. The number of methoxy groups -OCH3 is 1. The summed E-state index contributed by atoms with van der Waals surface area (Å²) in [5.41, 5.74) is -2.83. The fourth-order valence-electron chi connectivity index (χ4n) is 1.36. The number of rotatable bonds is 2. The van der Waals surface area contributed by atoms with Gasteiger partial charge in [0.05, 0.1) is 7.11 Å². The van der Waals surface area contributed by atoms with E-state index in [2.05, 4.69) is 0 Å². The Morgan fingerprint density at radius 2 is 1.82 bits per heavy atom. The molecule has 6 heteroatoms. The highest BCUT2D eigenvalue weighted by Crippen LogP contribution is 2.43. The van der Waals surface area contributed by atoms with Crippen molar-refractivity contribution in [2.75, 3.05) is 7.11 Å². The van der Waals surface area contributed by atoms with Crippen LogP contribution in [0.3, 0.4) is 0 Å². The average molecular weight is 269 g/mol. The summed E-state index contributed by atoms with van der Waals surface area (Å²) >= 11 is 5.76. The lowest BCUT2D eigenvalue weighted by atomic mass is 9.93. The van der Waals surface area contributed by atoms with E-state index in [9.17, 15) is 18.3 Å². The van der Waals surface area contributed by atoms with Crippen LogP contribution in [0.25, 0.3) is 0 Å². The molecule has 0 fully saturated rings. The topological polar surface area (TPSA) is 29.5 Å². The fraction of sp³-hybridized carbons (Fsp3) is 0.455. The van der Waals surface area contributed by atoms with Crippen LogP contribution in [0.4, 0.5) is 13.2 Å². The van der Waals surface area contributed by atoms with Gasteiger partial charge < -0.3 is 9.84 Å². The smallest absolute Gasteiger partial charge is 0.421 e. The zero-order valence-corrected chi connectivity index (χ0v) is 10.3. The van der Waals surface area contributed by atoms with Gasteiger partial charge in [0.25, 0.3) is 0 Å². The highest BCUT2D eigenvalue weighted by molar-refractivity contribution is 6.31. The number of aliphatic hydroxyl groups is 1. The summed E-state index contributed by atoms with van der Waals surface area (Å²) in [7, 11) is 1.23. The highest BCUT2D eigenvalue weighted by atomic mass is 35.5. The van der Waals surface area contributed by atoms with Crippen LogP contribution in [0.5, 0.6) is 5.75 Å². The molecule has 1 aromatic carbocycles. The minimum Gasteiger partial charge on any atom is -0.496 e. The second kappa shape index (κ2) is 4.38. The predicted molar refractivity (Wildman–Crippen MR) is 58.4 cm³/mol. The van der Waals surface area contributed by atoms with Gasteiger partial charge >= 0.3 is 6.18 Å². The Balaban J connectivity index is 3.45. The third-order valence-corrected chi connectivity index (χ3v) is 2.96. The number of hydrogen-bond acceptors (Lipinski definition) is 2. The molecule has 0 radical (unpaired) electrons. The first-order valence-electron chi connectivity index (χ1n) is 4.75. The van der Waals surface area contributed by atoms with Gasteiger partial charge in [-0.05, 0) is 31.5 Å². The van der Waals surface area contributed by atoms with Crippen molar-refractivity contribution in [1.29, 1.82) is 0 Å². The Morgan fingerprint density at radius 1 is 1.29 bits per heavy atom. The Labute approximate surface area is 102 Å². The van der Waals surface area contributed by atoms with Gasteiger partial charge in [0.2, 0.25) is 0 Å². The highest BCUT2D eigenvalue weighted by Gasteiger charge is 2.52. The lowest BCUT2D eigenvalue weighted by Crippen LogP contribution is -2.39. The van der Waals surface area contributed by atoms with Gasteiger partial charge in [0.15, 0.2) is 5.60 Å². The Morgan fingerprint density at radius 3 is 2.24 bits per heavy atom. The first kappa shape index (κ1) is 14.1. The Hall–Kier alpha value is -0.940. The van der Waals surface area contributed by atoms with E-state index in [4.69, 9.17) is 16.3 Å². The van der Waals surface area contributed by atoms with E-state index in [1.54, 1.807) is 6.92 Å². The second-order valence-electron chi connectivity index (χ2n) is 3.87. The maximum absolute atomic E-state index is 12.7. The van der Waals surface area contributed by atoms with Crippen LogP contribution in [0.15, 0.2) is 12.1 Å². The molecule has 0 aliphatic rings. The van der Waals surface area contributed by atoms with E-state index >= 15 is 0 Å². The first-order valence-corrected chi connectivity index (χ1v) is 5.12. The summed E-state index contributed by atoms with van der Waals surface area (Å²) in [6.07, 6.45) is -4.81. The fourth-order valence-corrected chi connectivity index (χ4v) is 1.52. The van der Waals surface area contributed by atoms with E-state index in [0.717, 1.165) is 6.07 Å². The molecule has 0 aliphatic carbocycles. The molecule has 0 saturated carbocycles. The molecule has 96 valence electrons. The molecule has 1 atom stereocenters. The van der Waals surface area contributed by atoms with Crippen molar-refractivity contribution in [2.45, 2.75) is 25.6 Å². The van der Waals surface area contributed by atoms with Crippen LogP contribution < -0.4 is 4.74 Å². The minimum atomic E-state index is -4.81. The summed E-state index contributed by atoms with van der Waals surface area (Å²) in [5, 5.41) is 9.73. The molecule has 0 bridgehead atoms. The normalized spacial score (nSPS) is 15.5. The largest absolute Gasteiger partial charge is 0.496 e. The molecular weight excluding hydrogens is 257 g/mol. The number of hydrogen-bond donors (Lipinski definition) is 1. The lowest BCUT2D eigenvalue weighted by Gasteiger charge is -2.28. The molecule has 1 rings (SSSR count). The number of benzene rings is 1. The van der Waals surface area contributed by atoms with Crippen LogP contribution in [0, 0.1) is 6.92 Å². The monoisotopic (exact) mass is 268 g/mol. The third kappa shape index (κ3) is 2.50. The molecule has 0 aromatic heterocycles.